The lowest BCUT2D eigenvalue weighted by Crippen LogP contribution is -2.39. The van der Waals surface area contributed by atoms with E-state index in [0.717, 1.165) is 18.2 Å². The van der Waals surface area contributed by atoms with Crippen molar-refractivity contribution in [3.8, 4) is 0 Å². The summed E-state index contributed by atoms with van der Waals surface area (Å²) in [6.07, 6.45) is -4.58. The molecule has 1 aromatic carbocycles. The number of Topliss-reactive ketones (excluding diaryl/α,β-unsaturated/α-hetero) is 1. The molecule has 3 nitrogen and oxygen atoms in total. The van der Waals surface area contributed by atoms with Gasteiger partial charge in [-0.25, -0.2) is 8.78 Å². The number of carbonyl (C=O) groups excluding carboxylic acids is 1. The van der Waals surface area contributed by atoms with Crippen LogP contribution in [0.5, 0.6) is 0 Å². The number of benzene rings is 1. The van der Waals surface area contributed by atoms with Crippen LogP contribution in [0.15, 0.2) is 18.2 Å². The third kappa shape index (κ3) is 4.86. The summed E-state index contributed by atoms with van der Waals surface area (Å²) in [4.78, 5) is 12.3. The summed E-state index contributed by atoms with van der Waals surface area (Å²) in [5.74, 6) is -3.38. The van der Waals surface area contributed by atoms with E-state index >= 15 is 0 Å². The molecule has 0 heterocycles. The summed E-state index contributed by atoms with van der Waals surface area (Å²) in [6, 6.07) is 2.73. The monoisotopic (exact) mass is 297 g/mol. The maximum atomic E-state index is 13.3. The summed E-state index contributed by atoms with van der Waals surface area (Å²) < 4.78 is 63.4. The molecule has 0 spiro atoms. The zero-order chi connectivity index (χ0) is 15.3. The Kier molecular flexibility index (Phi) is 5.58. The Labute approximate surface area is 111 Å². The fourth-order valence-electron chi connectivity index (χ4n) is 1.66. The average Bonchev–Trinajstić information content (AvgIpc) is 2.26. The van der Waals surface area contributed by atoms with Gasteiger partial charge in [0.05, 0.1) is 25.3 Å². The van der Waals surface area contributed by atoms with Crippen molar-refractivity contribution in [1.82, 2.24) is 4.90 Å². The molecule has 0 atom stereocenters. The second-order valence-corrected chi connectivity index (χ2v) is 4.07. The third-order valence-electron chi connectivity index (χ3n) is 2.43. The van der Waals surface area contributed by atoms with Crippen molar-refractivity contribution in [2.24, 2.45) is 0 Å². The van der Waals surface area contributed by atoms with Crippen molar-refractivity contribution in [1.29, 1.82) is 0 Å². The lowest BCUT2D eigenvalue weighted by molar-refractivity contribution is -0.145. The van der Waals surface area contributed by atoms with Crippen molar-refractivity contribution in [3.63, 3.8) is 0 Å². The lowest BCUT2D eigenvalue weighted by atomic mass is 10.1. The van der Waals surface area contributed by atoms with Crippen molar-refractivity contribution >= 4 is 5.78 Å². The number of carbonyl (C=O) groups is 1. The van der Waals surface area contributed by atoms with Crippen molar-refractivity contribution in [2.75, 3.05) is 26.2 Å². The molecule has 0 fully saturated rings. The minimum absolute atomic E-state index is 0.429. The zero-order valence-electron chi connectivity index (χ0n) is 10.3. The number of halogens is 5. The lowest BCUT2D eigenvalue weighted by Gasteiger charge is -2.22. The van der Waals surface area contributed by atoms with Gasteiger partial charge in [-0.1, -0.05) is 6.07 Å². The van der Waals surface area contributed by atoms with Gasteiger partial charge in [-0.3, -0.25) is 9.69 Å². The first kappa shape index (κ1) is 16.5. The molecule has 0 saturated heterocycles. The van der Waals surface area contributed by atoms with Gasteiger partial charge in [-0.15, -0.1) is 0 Å². The molecule has 112 valence electrons. The van der Waals surface area contributed by atoms with Crippen LogP contribution >= 0.6 is 0 Å². The van der Waals surface area contributed by atoms with E-state index in [4.69, 9.17) is 5.11 Å². The predicted molar refractivity (Wildman–Crippen MR) is 60.3 cm³/mol. The molecule has 1 aromatic rings. The molecule has 20 heavy (non-hydrogen) atoms. The smallest absolute Gasteiger partial charge is 0.395 e. The Morgan fingerprint density at radius 3 is 2.20 bits per heavy atom. The maximum absolute atomic E-state index is 13.3. The Morgan fingerprint density at radius 2 is 1.75 bits per heavy atom. The molecule has 0 amide bonds. The molecule has 0 unspecified atom stereocenters. The molecule has 1 rings (SSSR count). The van der Waals surface area contributed by atoms with Crippen LogP contribution in [-0.2, 0) is 0 Å². The first-order valence-corrected chi connectivity index (χ1v) is 5.62. The van der Waals surface area contributed by atoms with Gasteiger partial charge < -0.3 is 5.11 Å². The van der Waals surface area contributed by atoms with E-state index in [1.807, 2.05) is 0 Å². The summed E-state index contributed by atoms with van der Waals surface area (Å²) >= 11 is 0. The molecule has 0 aliphatic heterocycles. The van der Waals surface area contributed by atoms with Gasteiger partial charge in [-0.2, -0.15) is 13.2 Å². The largest absolute Gasteiger partial charge is 0.401 e. The van der Waals surface area contributed by atoms with E-state index in [0.29, 0.717) is 4.90 Å². The Balaban J connectivity index is 2.85. The molecule has 0 radical (unpaired) electrons. The Hall–Kier alpha value is -1.54. The van der Waals surface area contributed by atoms with Crippen molar-refractivity contribution in [2.45, 2.75) is 6.18 Å². The maximum Gasteiger partial charge on any atom is 0.401 e. The number of nitrogens with zero attached hydrogens (tertiary/aromatic N) is 1. The van der Waals surface area contributed by atoms with Crippen LogP contribution in [0.4, 0.5) is 22.0 Å². The summed E-state index contributed by atoms with van der Waals surface area (Å²) in [7, 11) is 0. The highest BCUT2D eigenvalue weighted by Crippen LogP contribution is 2.18. The van der Waals surface area contributed by atoms with Gasteiger partial charge in [0.1, 0.15) is 11.6 Å². The van der Waals surface area contributed by atoms with Gasteiger partial charge in [0.2, 0.25) is 0 Å². The molecule has 0 aliphatic carbocycles. The fraction of sp³-hybridized carbons (Fsp3) is 0.417. The van der Waals surface area contributed by atoms with Crippen LogP contribution in [-0.4, -0.2) is 48.2 Å². The number of aliphatic hydroxyl groups is 1. The van der Waals surface area contributed by atoms with E-state index < -0.39 is 55.4 Å². The predicted octanol–water partition coefficient (Wildman–Crippen LogP) is 2.00. The standard InChI is InChI=1S/C12H12F5NO2/c13-8-2-1-3-9(14)11(8)10(20)6-18(4-5-19)7-12(15,16)17/h1-3,19H,4-7H2. The van der Waals surface area contributed by atoms with E-state index in [1.165, 1.54) is 0 Å². The van der Waals surface area contributed by atoms with Crippen LogP contribution in [0.3, 0.4) is 0 Å². The molecule has 0 aliphatic rings. The molecule has 1 N–H and O–H groups in total. The highest BCUT2D eigenvalue weighted by Gasteiger charge is 2.32. The molecular formula is C12H12F5NO2. The van der Waals surface area contributed by atoms with Crippen LogP contribution in [0, 0.1) is 11.6 Å². The normalized spacial score (nSPS) is 11.9. The van der Waals surface area contributed by atoms with Gasteiger partial charge >= 0.3 is 6.18 Å². The SMILES string of the molecule is O=C(CN(CCO)CC(F)(F)F)c1c(F)cccc1F. The summed E-state index contributed by atoms with van der Waals surface area (Å²) in [6.45, 7) is -3.32. The number of hydrogen-bond acceptors (Lipinski definition) is 3. The number of ketones is 1. The van der Waals surface area contributed by atoms with E-state index in [2.05, 4.69) is 0 Å². The van der Waals surface area contributed by atoms with Crippen molar-refractivity contribution < 1.29 is 31.9 Å². The quantitative estimate of drug-likeness (QED) is 0.645. The third-order valence-corrected chi connectivity index (χ3v) is 2.43. The van der Waals surface area contributed by atoms with Crippen LogP contribution in [0.2, 0.25) is 0 Å². The average molecular weight is 297 g/mol. The fourth-order valence-corrected chi connectivity index (χ4v) is 1.66. The summed E-state index contributed by atoms with van der Waals surface area (Å²) in [5, 5.41) is 8.66. The minimum atomic E-state index is -4.58. The number of hydrogen-bond donors (Lipinski definition) is 1. The molecule has 0 bridgehead atoms. The van der Waals surface area contributed by atoms with E-state index in [9.17, 15) is 26.7 Å². The van der Waals surface area contributed by atoms with Crippen LogP contribution in [0.1, 0.15) is 10.4 Å². The highest BCUT2D eigenvalue weighted by atomic mass is 19.4. The van der Waals surface area contributed by atoms with Gasteiger partial charge in [-0.05, 0) is 12.1 Å². The molecular weight excluding hydrogens is 285 g/mol. The number of aliphatic hydroxyl groups excluding tert-OH is 1. The Bertz CT molecular complexity index is 455. The molecule has 0 saturated carbocycles. The molecule has 0 aromatic heterocycles. The van der Waals surface area contributed by atoms with Crippen LogP contribution < -0.4 is 0 Å². The summed E-state index contributed by atoms with van der Waals surface area (Å²) in [5.41, 5.74) is -0.877. The van der Waals surface area contributed by atoms with Crippen molar-refractivity contribution in [3.05, 3.63) is 35.4 Å². The first-order valence-electron chi connectivity index (χ1n) is 5.62. The zero-order valence-corrected chi connectivity index (χ0v) is 10.3. The number of alkyl halides is 3. The topological polar surface area (TPSA) is 40.5 Å². The second-order valence-electron chi connectivity index (χ2n) is 4.07. The van der Waals surface area contributed by atoms with E-state index in [1.54, 1.807) is 0 Å². The molecule has 8 heteroatoms. The van der Waals surface area contributed by atoms with Gasteiger partial charge in [0.25, 0.3) is 0 Å². The number of rotatable bonds is 6. The van der Waals surface area contributed by atoms with E-state index in [-0.39, 0.29) is 0 Å². The first-order chi connectivity index (χ1) is 9.24. The van der Waals surface area contributed by atoms with Gasteiger partial charge in [0.15, 0.2) is 5.78 Å². The van der Waals surface area contributed by atoms with Crippen LogP contribution in [0.25, 0.3) is 0 Å². The second kappa shape index (κ2) is 6.76. The van der Waals surface area contributed by atoms with Gasteiger partial charge in [0, 0.05) is 6.54 Å². The highest BCUT2D eigenvalue weighted by molar-refractivity contribution is 5.98. The Morgan fingerprint density at radius 1 is 1.20 bits per heavy atom. The minimum Gasteiger partial charge on any atom is -0.395 e.